The van der Waals surface area contributed by atoms with Crippen LogP contribution >= 0.6 is 0 Å². The first-order valence-corrected chi connectivity index (χ1v) is 6.29. The zero-order valence-electron chi connectivity index (χ0n) is 9.98. The van der Waals surface area contributed by atoms with E-state index in [1.165, 1.54) is 32.9 Å². The largest absolute Gasteiger partial charge is 0.355 e. The molecule has 1 heterocycles. The first-order chi connectivity index (χ1) is 8.92. The summed E-state index contributed by atoms with van der Waals surface area (Å²) in [6.07, 6.45) is 9.82. The van der Waals surface area contributed by atoms with Crippen molar-refractivity contribution in [3.05, 3.63) is 59.8 Å². The number of benzene rings is 2. The van der Waals surface area contributed by atoms with Crippen molar-refractivity contribution in [2.75, 3.05) is 0 Å². The minimum atomic E-state index is 1.01. The molecule has 0 fully saturated rings. The Bertz CT molecular complexity index is 803. The highest BCUT2D eigenvalue weighted by Crippen LogP contribution is 2.30. The van der Waals surface area contributed by atoms with Gasteiger partial charge >= 0.3 is 0 Å². The van der Waals surface area contributed by atoms with Gasteiger partial charge in [-0.2, -0.15) is 0 Å². The third-order valence-electron chi connectivity index (χ3n) is 3.58. The summed E-state index contributed by atoms with van der Waals surface area (Å²) >= 11 is 0. The SMILES string of the molecule is C1=Cc2[nH]c3cc4ccccc4cc3c2C=CC1. The molecule has 0 amide bonds. The predicted molar refractivity (Wildman–Crippen MR) is 78.5 cm³/mol. The molecule has 4 rings (SSSR count). The fourth-order valence-corrected chi connectivity index (χ4v) is 2.69. The minimum Gasteiger partial charge on any atom is -0.355 e. The molecule has 0 radical (unpaired) electrons. The summed E-state index contributed by atoms with van der Waals surface area (Å²) in [4.78, 5) is 3.51. The fourth-order valence-electron chi connectivity index (χ4n) is 2.69. The second-order valence-electron chi connectivity index (χ2n) is 4.74. The highest BCUT2D eigenvalue weighted by Gasteiger charge is 2.09. The van der Waals surface area contributed by atoms with Crippen molar-refractivity contribution < 1.29 is 0 Å². The van der Waals surface area contributed by atoms with Gasteiger partial charge in [0, 0.05) is 22.2 Å². The number of H-pyrrole nitrogens is 1. The van der Waals surface area contributed by atoms with Crippen LogP contribution in [0.2, 0.25) is 0 Å². The van der Waals surface area contributed by atoms with Crippen LogP contribution in [0.5, 0.6) is 0 Å². The molecule has 0 aliphatic heterocycles. The Labute approximate surface area is 105 Å². The molecule has 1 aliphatic carbocycles. The van der Waals surface area contributed by atoms with Crippen molar-refractivity contribution in [1.82, 2.24) is 4.98 Å². The Kier molecular flexibility index (Phi) is 1.95. The van der Waals surface area contributed by atoms with E-state index in [1.807, 2.05) is 0 Å². The first-order valence-electron chi connectivity index (χ1n) is 6.29. The van der Waals surface area contributed by atoms with Gasteiger partial charge in [0.1, 0.15) is 0 Å². The van der Waals surface area contributed by atoms with E-state index in [-0.39, 0.29) is 0 Å². The van der Waals surface area contributed by atoms with E-state index in [1.54, 1.807) is 0 Å². The molecule has 86 valence electrons. The third kappa shape index (κ3) is 1.34. The summed E-state index contributed by atoms with van der Waals surface area (Å²) in [5, 5.41) is 3.90. The summed E-state index contributed by atoms with van der Waals surface area (Å²) in [7, 11) is 0. The molecule has 0 saturated carbocycles. The maximum absolute atomic E-state index is 3.51. The van der Waals surface area contributed by atoms with Crippen LogP contribution < -0.4 is 0 Å². The lowest BCUT2D eigenvalue weighted by Crippen LogP contribution is -1.74. The molecule has 1 N–H and O–H groups in total. The monoisotopic (exact) mass is 231 g/mol. The topological polar surface area (TPSA) is 15.8 Å². The number of aromatic amines is 1. The number of hydrogen-bond donors (Lipinski definition) is 1. The Hall–Kier alpha value is -2.28. The van der Waals surface area contributed by atoms with Crippen LogP contribution in [0.4, 0.5) is 0 Å². The zero-order valence-corrected chi connectivity index (χ0v) is 9.98. The molecule has 1 aliphatic rings. The van der Waals surface area contributed by atoms with Crippen LogP contribution in [-0.4, -0.2) is 4.98 Å². The Balaban J connectivity index is 2.15. The van der Waals surface area contributed by atoms with Gasteiger partial charge in [-0.25, -0.2) is 0 Å². The smallest absolute Gasteiger partial charge is 0.0471 e. The summed E-state index contributed by atoms with van der Waals surface area (Å²) < 4.78 is 0. The van der Waals surface area contributed by atoms with Crippen LogP contribution in [-0.2, 0) is 0 Å². The van der Waals surface area contributed by atoms with Gasteiger partial charge in [0.2, 0.25) is 0 Å². The second kappa shape index (κ2) is 3.61. The van der Waals surface area contributed by atoms with Crippen molar-refractivity contribution in [2.24, 2.45) is 0 Å². The standard InChI is InChI=1S/C17H13N/c1-2-8-14-15-10-12-6-4-5-7-13(12)11-17(15)18-16(14)9-3-1/h2-11,18H,1H2. The molecular formula is C17H13N. The van der Waals surface area contributed by atoms with Crippen molar-refractivity contribution in [3.8, 4) is 0 Å². The molecule has 2 aromatic carbocycles. The van der Waals surface area contributed by atoms with Crippen LogP contribution in [0.3, 0.4) is 0 Å². The lowest BCUT2D eigenvalue weighted by molar-refractivity contribution is 1.41. The van der Waals surface area contributed by atoms with Crippen molar-refractivity contribution >= 4 is 33.8 Å². The Morgan fingerprint density at radius 2 is 1.67 bits per heavy atom. The third-order valence-corrected chi connectivity index (χ3v) is 3.58. The fraction of sp³-hybridized carbons (Fsp3) is 0.0588. The number of allylic oxidation sites excluding steroid dienone is 2. The number of aromatic nitrogens is 1. The van der Waals surface area contributed by atoms with Crippen LogP contribution in [0.25, 0.3) is 33.8 Å². The molecule has 0 atom stereocenters. The van der Waals surface area contributed by atoms with Gasteiger partial charge in [-0.05, 0) is 35.4 Å². The molecule has 0 saturated heterocycles. The second-order valence-corrected chi connectivity index (χ2v) is 4.74. The highest BCUT2D eigenvalue weighted by atomic mass is 14.7. The molecule has 1 aromatic heterocycles. The predicted octanol–water partition coefficient (Wildman–Crippen LogP) is 4.75. The van der Waals surface area contributed by atoms with Gasteiger partial charge < -0.3 is 4.98 Å². The van der Waals surface area contributed by atoms with Gasteiger partial charge in [0.05, 0.1) is 0 Å². The van der Waals surface area contributed by atoms with Crippen LogP contribution in [0.15, 0.2) is 48.6 Å². The van der Waals surface area contributed by atoms with Gasteiger partial charge in [0.15, 0.2) is 0 Å². The van der Waals surface area contributed by atoms with Gasteiger partial charge in [-0.3, -0.25) is 0 Å². The van der Waals surface area contributed by atoms with E-state index >= 15 is 0 Å². The zero-order chi connectivity index (χ0) is 11.9. The maximum Gasteiger partial charge on any atom is 0.0471 e. The van der Waals surface area contributed by atoms with Gasteiger partial charge in [0.25, 0.3) is 0 Å². The van der Waals surface area contributed by atoms with Crippen molar-refractivity contribution in [3.63, 3.8) is 0 Å². The van der Waals surface area contributed by atoms with Gasteiger partial charge in [-0.15, -0.1) is 0 Å². The van der Waals surface area contributed by atoms with E-state index in [0.29, 0.717) is 0 Å². The van der Waals surface area contributed by atoms with Crippen LogP contribution in [0, 0.1) is 0 Å². The Morgan fingerprint density at radius 1 is 0.889 bits per heavy atom. The van der Waals surface area contributed by atoms with E-state index < -0.39 is 0 Å². The normalized spacial score (nSPS) is 14.0. The number of hydrogen-bond acceptors (Lipinski definition) is 0. The van der Waals surface area contributed by atoms with Gasteiger partial charge in [-0.1, -0.05) is 42.5 Å². The number of fused-ring (bicyclic) bond motifs is 4. The van der Waals surface area contributed by atoms with Crippen molar-refractivity contribution in [1.29, 1.82) is 0 Å². The summed E-state index contributed by atoms with van der Waals surface area (Å²) in [6, 6.07) is 13.0. The highest BCUT2D eigenvalue weighted by molar-refractivity contribution is 6.02. The molecule has 0 bridgehead atoms. The summed E-state index contributed by atoms with van der Waals surface area (Å²) in [5.74, 6) is 0. The number of nitrogens with one attached hydrogen (secondary N) is 1. The van der Waals surface area contributed by atoms with E-state index in [0.717, 1.165) is 6.42 Å². The van der Waals surface area contributed by atoms with Crippen molar-refractivity contribution in [2.45, 2.75) is 6.42 Å². The molecular weight excluding hydrogens is 218 g/mol. The number of rotatable bonds is 0. The van der Waals surface area contributed by atoms with Crippen LogP contribution in [0.1, 0.15) is 17.7 Å². The van der Waals surface area contributed by atoms with E-state index in [4.69, 9.17) is 0 Å². The quantitative estimate of drug-likeness (QED) is 0.574. The molecule has 3 aromatic rings. The summed E-state index contributed by atoms with van der Waals surface area (Å²) in [5.41, 5.74) is 3.74. The Morgan fingerprint density at radius 3 is 2.56 bits per heavy atom. The molecule has 0 spiro atoms. The molecule has 18 heavy (non-hydrogen) atoms. The summed E-state index contributed by atoms with van der Waals surface area (Å²) in [6.45, 7) is 0. The van der Waals surface area contributed by atoms with E-state index in [2.05, 4.69) is 65.7 Å². The minimum absolute atomic E-state index is 1.01. The van der Waals surface area contributed by atoms with E-state index in [9.17, 15) is 0 Å². The molecule has 1 nitrogen and oxygen atoms in total. The average Bonchev–Trinajstić information content (AvgIpc) is 2.59. The first kappa shape index (κ1) is 9.72. The lowest BCUT2D eigenvalue weighted by Gasteiger charge is -1.98. The molecule has 1 heteroatoms. The average molecular weight is 231 g/mol. The maximum atomic E-state index is 3.51. The molecule has 0 unspecified atom stereocenters. The lowest BCUT2D eigenvalue weighted by atomic mass is 10.0.